The molecule has 5 nitrogen and oxygen atoms in total. The molecule has 2 atom stereocenters. The Hall–Kier alpha value is -1.62. The zero-order chi connectivity index (χ0) is 13.8. The first-order valence-electron chi connectivity index (χ1n) is 6.73. The highest BCUT2D eigenvalue weighted by Crippen LogP contribution is 2.20. The lowest BCUT2D eigenvalue weighted by Gasteiger charge is -2.35. The van der Waals surface area contributed by atoms with Gasteiger partial charge in [0.2, 0.25) is 0 Å². The Kier molecular flexibility index (Phi) is 4.37. The lowest BCUT2D eigenvalue weighted by molar-refractivity contribution is 0.0526. The molecule has 1 aromatic heterocycles. The van der Waals surface area contributed by atoms with Gasteiger partial charge in [-0.15, -0.1) is 0 Å². The highest BCUT2D eigenvalue weighted by atomic mass is 16.5. The summed E-state index contributed by atoms with van der Waals surface area (Å²) in [4.78, 5) is 18.1. The molecule has 0 bridgehead atoms. The average molecular weight is 263 g/mol. The number of nitrogens with zero attached hydrogens (tertiary/aromatic N) is 2. The topological polar surface area (TPSA) is 68.5 Å². The van der Waals surface area contributed by atoms with Gasteiger partial charge in [-0.1, -0.05) is 6.92 Å². The van der Waals surface area contributed by atoms with Crippen LogP contribution < -0.4 is 10.6 Å². The summed E-state index contributed by atoms with van der Waals surface area (Å²) in [5.74, 6) is 1.11. The third kappa shape index (κ3) is 3.44. The summed E-state index contributed by atoms with van der Waals surface area (Å²) in [6.45, 7) is 6.13. The van der Waals surface area contributed by atoms with E-state index in [0.29, 0.717) is 18.1 Å². The van der Waals surface area contributed by atoms with Gasteiger partial charge in [0.15, 0.2) is 0 Å². The molecule has 1 aromatic rings. The Labute approximate surface area is 113 Å². The number of piperidine rings is 1. The fourth-order valence-corrected chi connectivity index (χ4v) is 2.50. The number of rotatable bonds is 3. The number of carbonyl (C=O) groups is 1. The standard InChI is InChI=1S/C14H21N3O2/c1-3-19-14(18)11-4-5-13(16-7-11)17-8-10(2)6-12(15)9-17/h4-5,7,10,12H,3,6,8-9,15H2,1-2H3. The summed E-state index contributed by atoms with van der Waals surface area (Å²) in [6, 6.07) is 3.80. The Morgan fingerprint density at radius 2 is 2.32 bits per heavy atom. The second kappa shape index (κ2) is 6.02. The van der Waals surface area contributed by atoms with Gasteiger partial charge in [0, 0.05) is 25.3 Å². The van der Waals surface area contributed by atoms with Crippen LogP contribution in [0.25, 0.3) is 0 Å². The number of carbonyl (C=O) groups excluding carboxylic acids is 1. The molecular weight excluding hydrogens is 242 g/mol. The summed E-state index contributed by atoms with van der Waals surface area (Å²) in [5, 5.41) is 0. The number of hydrogen-bond donors (Lipinski definition) is 1. The van der Waals surface area contributed by atoms with E-state index in [2.05, 4.69) is 16.8 Å². The molecule has 1 saturated heterocycles. The van der Waals surface area contributed by atoms with Gasteiger partial charge >= 0.3 is 5.97 Å². The lowest BCUT2D eigenvalue weighted by atomic mass is 9.96. The smallest absolute Gasteiger partial charge is 0.339 e. The molecule has 0 aliphatic carbocycles. The molecule has 104 valence electrons. The van der Waals surface area contributed by atoms with Crippen molar-refractivity contribution < 1.29 is 9.53 Å². The maximum absolute atomic E-state index is 11.5. The minimum atomic E-state index is -0.328. The van der Waals surface area contributed by atoms with Crippen molar-refractivity contribution in [2.24, 2.45) is 11.7 Å². The Balaban J connectivity index is 2.07. The number of hydrogen-bond acceptors (Lipinski definition) is 5. The van der Waals surface area contributed by atoms with Gasteiger partial charge < -0.3 is 15.4 Å². The van der Waals surface area contributed by atoms with Crippen molar-refractivity contribution >= 4 is 11.8 Å². The van der Waals surface area contributed by atoms with Crippen molar-refractivity contribution in [3.05, 3.63) is 23.9 Å². The van der Waals surface area contributed by atoms with Gasteiger partial charge in [0.25, 0.3) is 0 Å². The summed E-state index contributed by atoms with van der Waals surface area (Å²) in [6.07, 6.45) is 2.62. The van der Waals surface area contributed by atoms with E-state index in [1.807, 2.05) is 6.07 Å². The zero-order valence-corrected chi connectivity index (χ0v) is 11.5. The van der Waals surface area contributed by atoms with Gasteiger partial charge in [0.05, 0.1) is 12.2 Å². The van der Waals surface area contributed by atoms with Crippen LogP contribution in [0.2, 0.25) is 0 Å². The first-order chi connectivity index (χ1) is 9.10. The minimum Gasteiger partial charge on any atom is -0.462 e. The van der Waals surface area contributed by atoms with Crippen LogP contribution in [0, 0.1) is 5.92 Å². The number of nitrogens with two attached hydrogens (primary N) is 1. The van der Waals surface area contributed by atoms with Gasteiger partial charge in [0.1, 0.15) is 5.82 Å². The molecule has 19 heavy (non-hydrogen) atoms. The third-order valence-electron chi connectivity index (χ3n) is 3.28. The molecule has 0 saturated carbocycles. The highest BCUT2D eigenvalue weighted by Gasteiger charge is 2.23. The summed E-state index contributed by atoms with van der Waals surface area (Å²) < 4.78 is 4.93. The van der Waals surface area contributed by atoms with Crippen molar-refractivity contribution in [3.8, 4) is 0 Å². The van der Waals surface area contributed by atoms with Crippen molar-refractivity contribution in [1.82, 2.24) is 4.98 Å². The van der Waals surface area contributed by atoms with Crippen molar-refractivity contribution in [1.29, 1.82) is 0 Å². The summed E-state index contributed by atoms with van der Waals surface area (Å²) in [5.41, 5.74) is 6.51. The van der Waals surface area contributed by atoms with E-state index >= 15 is 0 Å². The minimum absolute atomic E-state index is 0.190. The molecule has 0 amide bonds. The van der Waals surface area contributed by atoms with Gasteiger partial charge in [-0.3, -0.25) is 0 Å². The fourth-order valence-electron chi connectivity index (χ4n) is 2.50. The van der Waals surface area contributed by atoms with E-state index < -0.39 is 0 Å². The van der Waals surface area contributed by atoms with Gasteiger partial charge in [-0.05, 0) is 31.4 Å². The molecule has 2 heterocycles. The normalized spacial score (nSPS) is 23.2. The molecule has 2 N–H and O–H groups in total. The zero-order valence-electron chi connectivity index (χ0n) is 11.5. The molecule has 0 spiro atoms. The summed E-state index contributed by atoms with van der Waals surface area (Å²) >= 11 is 0. The summed E-state index contributed by atoms with van der Waals surface area (Å²) in [7, 11) is 0. The first kappa shape index (κ1) is 13.8. The predicted molar refractivity (Wildman–Crippen MR) is 74.2 cm³/mol. The van der Waals surface area contributed by atoms with Crippen LogP contribution in [0.5, 0.6) is 0 Å². The predicted octanol–water partition coefficient (Wildman–Crippen LogP) is 1.43. The maximum Gasteiger partial charge on any atom is 0.339 e. The van der Waals surface area contributed by atoms with Crippen LogP contribution in [0.3, 0.4) is 0 Å². The van der Waals surface area contributed by atoms with Crippen LogP contribution in [0.4, 0.5) is 5.82 Å². The van der Waals surface area contributed by atoms with E-state index in [-0.39, 0.29) is 12.0 Å². The van der Waals surface area contributed by atoms with Gasteiger partial charge in [-0.2, -0.15) is 0 Å². The molecule has 1 aliphatic rings. The quantitative estimate of drug-likeness (QED) is 0.836. The van der Waals surface area contributed by atoms with Crippen LogP contribution in [0.15, 0.2) is 18.3 Å². The number of pyridine rings is 1. The number of esters is 1. The van der Waals surface area contributed by atoms with E-state index in [9.17, 15) is 4.79 Å². The molecule has 1 fully saturated rings. The molecule has 1 aliphatic heterocycles. The molecule has 0 radical (unpaired) electrons. The second-order valence-electron chi connectivity index (χ2n) is 5.13. The fraction of sp³-hybridized carbons (Fsp3) is 0.571. The molecule has 2 unspecified atom stereocenters. The van der Waals surface area contributed by atoms with Crippen LogP contribution >= 0.6 is 0 Å². The molecule has 2 rings (SSSR count). The Morgan fingerprint density at radius 3 is 2.89 bits per heavy atom. The SMILES string of the molecule is CCOC(=O)c1ccc(N2CC(C)CC(N)C2)nc1. The van der Waals surface area contributed by atoms with Crippen molar-refractivity contribution in [2.75, 3.05) is 24.6 Å². The van der Waals surface area contributed by atoms with E-state index in [0.717, 1.165) is 25.3 Å². The number of anilines is 1. The Bertz CT molecular complexity index is 423. The van der Waals surface area contributed by atoms with Crippen LogP contribution in [0.1, 0.15) is 30.6 Å². The molecule has 5 heteroatoms. The van der Waals surface area contributed by atoms with Crippen molar-refractivity contribution in [2.45, 2.75) is 26.3 Å². The maximum atomic E-state index is 11.5. The first-order valence-corrected chi connectivity index (χ1v) is 6.73. The number of ether oxygens (including phenoxy) is 1. The van der Waals surface area contributed by atoms with E-state index in [4.69, 9.17) is 10.5 Å². The van der Waals surface area contributed by atoms with E-state index in [1.54, 1.807) is 19.2 Å². The lowest BCUT2D eigenvalue weighted by Crippen LogP contribution is -2.46. The highest BCUT2D eigenvalue weighted by molar-refractivity contribution is 5.89. The van der Waals surface area contributed by atoms with Crippen LogP contribution in [-0.4, -0.2) is 36.7 Å². The third-order valence-corrected chi connectivity index (χ3v) is 3.28. The average Bonchev–Trinajstić information content (AvgIpc) is 2.38. The largest absolute Gasteiger partial charge is 0.462 e. The molecular formula is C14H21N3O2. The Morgan fingerprint density at radius 1 is 1.53 bits per heavy atom. The second-order valence-corrected chi connectivity index (χ2v) is 5.13. The van der Waals surface area contributed by atoms with Crippen molar-refractivity contribution in [3.63, 3.8) is 0 Å². The monoisotopic (exact) mass is 263 g/mol. The van der Waals surface area contributed by atoms with Gasteiger partial charge in [-0.25, -0.2) is 9.78 Å². The number of aromatic nitrogens is 1. The van der Waals surface area contributed by atoms with E-state index in [1.165, 1.54) is 0 Å². The van der Waals surface area contributed by atoms with Crippen LogP contribution in [-0.2, 0) is 4.74 Å². The molecule has 0 aromatic carbocycles.